The highest BCUT2D eigenvalue weighted by Gasteiger charge is 2.20. The molecule has 9 heteroatoms. The van der Waals surface area contributed by atoms with Crippen LogP contribution in [0.1, 0.15) is 21.5 Å². The monoisotopic (exact) mass is 416 g/mol. The van der Waals surface area contributed by atoms with Crippen LogP contribution < -0.4 is 24.8 Å². The van der Waals surface area contributed by atoms with Gasteiger partial charge in [0, 0.05) is 17.8 Å². The second-order valence-corrected chi connectivity index (χ2v) is 6.23. The summed E-state index contributed by atoms with van der Waals surface area (Å²) in [6.07, 6.45) is 0. The third kappa shape index (κ3) is 5.40. The summed E-state index contributed by atoms with van der Waals surface area (Å²) in [4.78, 5) is 36.4. The predicted molar refractivity (Wildman–Crippen MR) is 109 cm³/mol. The molecule has 0 aliphatic carbocycles. The molecule has 0 bridgehead atoms. The minimum Gasteiger partial charge on any atom is -0.496 e. The minimum atomic E-state index is -0.821. The second kappa shape index (κ2) is 10.1. The zero-order chi connectivity index (χ0) is 22.3. The third-order valence-electron chi connectivity index (χ3n) is 4.37. The van der Waals surface area contributed by atoms with Crippen molar-refractivity contribution in [3.8, 4) is 17.2 Å². The van der Waals surface area contributed by atoms with Gasteiger partial charge in [0.25, 0.3) is 5.91 Å². The summed E-state index contributed by atoms with van der Waals surface area (Å²) in [5.41, 5.74) is 2.50. The maximum absolute atomic E-state index is 12.4. The number of amides is 3. The second-order valence-electron chi connectivity index (χ2n) is 6.23. The van der Waals surface area contributed by atoms with Crippen molar-refractivity contribution in [2.75, 3.05) is 33.3 Å². The number of carbonyl (C=O) groups is 3. The van der Waals surface area contributed by atoms with Crippen LogP contribution in [0.2, 0.25) is 0 Å². The standard InChI is InChI=1S/C21H24N2O7/c1-12-7-6-8-15(13(12)2)22-21(26)23-19(24)11-30-20(25)14-9-17(28-4)18(29-5)10-16(14)27-3/h6-10H,11H2,1-5H3,(H2,22,23,24,26). The van der Waals surface area contributed by atoms with E-state index in [2.05, 4.69) is 10.6 Å². The Bertz CT molecular complexity index is 957. The highest BCUT2D eigenvalue weighted by molar-refractivity contribution is 6.03. The fourth-order valence-electron chi connectivity index (χ4n) is 2.60. The molecular weight excluding hydrogens is 392 g/mol. The van der Waals surface area contributed by atoms with Crippen molar-refractivity contribution >= 4 is 23.6 Å². The van der Waals surface area contributed by atoms with Crippen molar-refractivity contribution in [2.24, 2.45) is 0 Å². The van der Waals surface area contributed by atoms with Crippen LogP contribution in [0.25, 0.3) is 0 Å². The van der Waals surface area contributed by atoms with Gasteiger partial charge < -0.3 is 24.3 Å². The number of aryl methyl sites for hydroxylation is 1. The zero-order valence-electron chi connectivity index (χ0n) is 17.5. The number of ether oxygens (including phenoxy) is 4. The molecule has 0 fully saturated rings. The van der Waals surface area contributed by atoms with Crippen molar-refractivity contribution in [1.82, 2.24) is 5.32 Å². The van der Waals surface area contributed by atoms with Gasteiger partial charge in [-0.15, -0.1) is 0 Å². The van der Waals surface area contributed by atoms with Crippen LogP contribution in [-0.4, -0.2) is 45.8 Å². The molecule has 160 valence electrons. The van der Waals surface area contributed by atoms with Gasteiger partial charge in [-0.25, -0.2) is 9.59 Å². The zero-order valence-corrected chi connectivity index (χ0v) is 17.5. The summed E-state index contributed by atoms with van der Waals surface area (Å²) in [5.74, 6) is -0.761. The van der Waals surface area contributed by atoms with Crippen LogP contribution >= 0.6 is 0 Å². The maximum atomic E-state index is 12.4. The minimum absolute atomic E-state index is 0.0442. The van der Waals surface area contributed by atoms with E-state index in [-0.39, 0.29) is 11.3 Å². The molecule has 2 aromatic carbocycles. The number of benzene rings is 2. The van der Waals surface area contributed by atoms with E-state index in [1.165, 1.54) is 33.5 Å². The Hall–Kier alpha value is -3.75. The first-order valence-corrected chi connectivity index (χ1v) is 8.94. The average Bonchev–Trinajstić information content (AvgIpc) is 2.74. The predicted octanol–water partition coefficient (Wildman–Crippen LogP) is 2.83. The molecule has 0 aliphatic rings. The van der Waals surface area contributed by atoms with E-state index in [9.17, 15) is 14.4 Å². The van der Waals surface area contributed by atoms with E-state index in [1.807, 2.05) is 19.9 Å². The molecule has 9 nitrogen and oxygen atoms in total. The first kappa shape index (κ1) is 22.5. The molecule has 0 saturated carbocycles. The number of esters is 1. The van der Waals surface area contributed by atoms with E-state index in [0.717, 1.165) is 11.1 Å². The van der Waals surface area contributed by atoms with E-state index in [1.54, 1.807) is 12.1 Å². The molecule has 30 heavy (non-hydrogen) atoms. The smallest absolute Gasteiger partial charge is 0.342 e. The van der Waals surface area contributed by atoms with Gasteiger partial charge in [0.15, 0.2) is 18.1 Å². The number of carbonyl (C=O) groups excluding carboxylic acids is 3. The Morgan fingerprint density at radius 3 is 2.17 bits per heavy atom. The number of anilines is 1. The van der Waals surface area contributed by atoms with E-state index < -0.39 is 24.5 Å². The molecular formula is C21H24N2O7. The lowest BCUT2D eigenvalue weighted by Gasteiger charge is -2.14. The summed E-state index contributed by atoms with van der Waals surface area (Å²) in [5, 5.41) is 4.69. The van der Waals surface area contributed by atoms with Crippen molar-refractivity contribution in [2.45, 2.75) is 13.8 Å². The van der Waals surface area contributed by atoms with Crippen LogP contribution in [0.4, 0.5) is 10.5 Å². The van der Waals surface area contributed by atoms with Gasteiger partial charge in [0.2, 0.25) is 0 Å². The number of hydrogen-bond donors (Lipinski definition) is 2. The maximum Gasteiger partial charge on any atom is 0.342 e. The van der Waals surface area contributed by atoms with Gasteiger partial charge in [-0.1, -0.05) is 12.1 Å². The molecule has 2 N–H and O–H groups in total. The molecule has 0 aromatic heterocycles. The van der Waals surface area contributed by atoms with E-state index in [4.69, 9.17) is 18.9 Å². The number of nitrogens with one attached hydrogen (secondary N) is 2. The SMILES string of the molecule is COc1cc(OC)c(C(=O)OCC(=O)NC(=O)Nc2cccc(C)c2C)cc1OC. The normalized spacial score (nSPS) is 10.0. The van der Waals surface area contributed by atoms with E-state index in [0.29, 0.717) is 17.2 Å². The third-order valence-corrected chi connectivity index (χ3v) is 4.37. The van der Waals surface area contributed by atoms with Crippen LogP contribution in [0, 0.1) is 13.8 Å². The molecule has 0 saturated heterocycles. The lowest BCUT2D eigenvalue weighted by Crippen LogP contribution is -2.37. The summed E-state index contributed by atoms with van der Waals surface area (Å²) >= 11 is 0. The molecule has 2 rings (SSSR count). The van der Waals surface area contributed by atoms with Gasteiger partial charge >= 0.3 is 12.0 Å². The van der Waals surface area contributed by atoms with Crippen molar-refractivity contribution in [1.29, 1.82) is 0 Å². The number of urea groups is 1. The highest BCUT2D eigenvalue weighted by atomic mass is 16.5. The molecule has 2 aromatic rings. The topological polar surface area (TPSA) is 112 Å². The number of methoxy groups -OCH3 is 3. The summed E-state index contributed by atoms with van der Waals surface area (Å²) in [6.45, 7) is 3.10. The lowest BCUT2D eigenvalue weighted by atomic mass is 10.1. The van der Waals surface area contributed by atoms with E-state index >= 15 is 0 Å². The lowest BCUT2D eigenvalue weighted by molar-refractivity contribution is -0.123. The van der Waals surface area contributed by atoms with Gasteiger partial charge in [-0.3, -0.25) is 10.1 Å². The largest absolute Gasteiger partial charge is 0.496 e. The Morgan fingerprint density at radius 2 is 1.53 bits per heavy atom. The summed E-state index contributed by atoms with van der Waals surface area (Å²) < 4.78 is 20.5. The number of rotatable bonds is 7. The molecule has 0 atom stereocenters. The first-order valence-electron chi connectivity index (χ1n) is 8.94. The van der Waals surface area contributed by atoms with Crippen molar-refractivity contribution in [3.05, 3.63) is 47.0 Å². The molecule has 3 amide bonds. The van der Waals surface area contributed by atoms with Crippen LogP contribution in [-0.2, 0) is 9.53 Å². The Kier molecular flexibility index (Phi) is 7.62. The highest BCUT2D eigenvalue weighted by Crippen LogP contribution is 2.34. The number of hydrogen-bond acceptors (Lipinski definition) is 7. The molecule has 0 spiro atoms. The first-order chi connectivity index (χ1) is 14.3. The van der Waals surface area contributed by atoms with Gasteiger partial charge in [-0.2, -0.15) is 0 Å². The molecule has 0 unspecified atom stereocenters. The van der Waals surface area contributed by atoms with Crippen LogP contribution in [0.3, 0.4) is 0 Å². The Morgan fingerprint density at radius 1 is 0.900 bits per heavy atom. The van der Waals surface area contributed by atoms with Gasteiger partial charge in [-0.05, 0) is 31.0 Å². The quantitative estimate of drug-likeness (QED) is 0.668. The Labute approximate surface area is 174 Å². The molecule has 0 radical (unpaired) electrons. The fraction of sp³-hybridized carbons (Fsp3) is 0.286. The van der Waals surface area contributed by atoms with Crippen molar-refractivity contribution in [3.63, 3.8) is 0 Å². The summed E-state index contributed by atoms with van der Waals surface area (Å²) in [7, 11) is 4.24. The fourth-order valence-corrected chi connectivity index (χ4v) is 2.60. The Balaban J connectivity index is 1.98. The van der Waals surface area contributed by atoms with Crippen molar-refractivity contribution < 1.29 is 33.3 Å². The molecule has 0 aliphatic heterocycles. The van der Waals surface area contributed by atoms with Crippen LogP contribution in [0.15, 0.2) is 30.3 Å². The van der Waals surface area contributed by atoms with Crippen LogP contribution in [0.5, 0.6) is 17.2 Å². The van der Waals surface area contributed by atoms with Gasteiger partial charge in [0.1, 0.15) is 11.3 Å². The average molecular weight is 416 g/mol. The number of imide groups is 1. The van der Waals surface area contributed by atoms with Gasteiger partial charge in [0.05, 0.1) is 21.3 Å². The summed E-state index contributed by atoms with van der Waals surface area (Å²) in [6, 6.07) is 7.53. The molecule has 0 heterocycles.